The first-order valence-electron chi connectivity index (χ1n) is 11.5. The Morgan fingerprint density at radius 3 is 2.38 bits per heavy atom. The number of piperazine rings is 1. The van der Waals surface area contributed by atoms with Gasteiger partial charge in [0.1, 0.15) is 12.0 Å². The fourth-order valence-electron chi connectivity index (χ4n) is 4.25. The third-order valence-corrected chi connectivity index (χ3v) is 6.87. The van der Waals surface area contributed by atoms with Crippen LogP contribution in [0.2, 0.25) is 0 Å². The zero-order valence-corrected chi connectivity index (χ0v) is 21.3. The van der Waals surface area contributed by atoms with Crippen LogP contribution in [0.3, 0.4) is 0 Å². The fraction of sp³-hybridized carbons (Fsp3) is 0.375. The minimum absolute atomic E-state index is 0.0516. The topological polar surface area (TPSA) is 95.6 Å². The molecular formula is C24H27F3N6O3S. The third-order valence-electron chi connectivity index (χ3n) is 6.13. The normalized spacial score (nSPS) is 15.6. The highest BCUT2D eigenvalue weighted by atomic mass is 32.2. The van der Waals surface area contributed by atoms with Crippen molar-refractivity contribution < 1.29 is 23.1 Å². The Kier molecular flexibility index (Phi) is 7.55. The van der Waals surface area contributed by atoms with Gasteiger partial charge in [-0.05, 0) is 62.1 Å². The van der Waals surface area contributed by atoms with Crippen molar-refractivity contribution in [1.29, 1.82) is 0 Å². The Balaban J connectivity index is 1.74. The molecule has 1 aromatic carbocycles. The number of benzene rings is 1. The molecule has 13 heteroatoms. The minimum Gasteiger partial charge on any atom is -0.493 e. The van der Waals surface area contributed by atoms with Crippen molar-refractivity contribution in [3.8, 4) is 11.6 Å². The first kappa shape index (κ1) is 26.6. The number of anilines is 1. The molecule has 37 heavy (non-hydrogen) atoms. The summed E-state index contributed by atoms with van der Waals surface area (Å²) in [5, 5.41) is 13.6. The largest absolute Gasteiger partial charge is 0.493 e. The monoisotopic (exact) mass is 536 g/mol. The molecule has 0 aliphatic carbocycles. The lowest BCUT2D eigenvalue weighted by Crippen LogP contribution is -2.45. The van der Waals surface area contributed by atoms with E-state index in [-0.39, 0.29) is 33.9 Å². The van der Waals surface area contributed by atoms with Crippen LogP contribution in [0.1, 0.15) is 24.3 Å². The zero-order valence-electron chi connectivity index (χ0n) is 20.5. The first-order chi connectivity index (χ1) is 17.4. The Labute approximate surface area is 215 Å². The number of aromatic nitrogens is 3. The van der Waals surface area contributed by atoms with Gasteiger partial charge in [0, 0.05) is 49.8 Å². The van der Waals surface area contributed by atoms with Crippen molar-refractivity contribution in [2.75, 3.05) is 38.1 Å². The van der Waals surface area contributed by atoms with Gasteiger partial charge in [-0.3, -0.25) is 9.36 Å². The van der Waals surface area contributed by atoms with Crippen molar-refractivity contribution in [3.63, 3.8) is 0 Å². The quantitative estimate of drug-likeness (QED) is 0.468. The van der Waals surface area contributed by atoms with Crippen molar-refractivity contribution >= 4 is 23.5 Å². The molecule has 0 saturated carbocycles. The van der Waals surface area contributed by atoms with Gasteiger partial charge in [0.05, 0.1) is 11.4 Å². The molecule has 0 spiro atoms. The second-order valence-electron chi connectivity index (χ2n) is 8.78. The molecule has 1 aliphatic heterocycles. The molecule has 2 N–H and O–H groups in total. The lowest BCUT2D eigenvalue weighted by Gasteiger charge is -2.33. The van der Waals surface area contributed by atoms with Crippen molar-refractivity contribution in [2.45, 2.75) is 30.4 Å². The molecule has 0 bridgehead atoms. The Hall–Kier alpha value is -3.45. The van der Waals surface area contributed by atoms with Crippen LogP contribution in [-0.4, -0.2) is 68.8 Å². The lowest BCUT2D eigenvalue weighted by molar-refractivity contribution is -0.119. The van der Waals surface area contributed by atoms with Crippen LogP contribution in [0.15, 0.2) is 52.3 Å². The minimum atomic E-state index is -4.44. The van der Waals surface area contributed by atoms with Gasteiger partial charge in [0.15, 0.2) is 0 Å². The van der Waals surface area contributed by atoms with E-state index >= 15 is 0 Å². The molecule has 3 aromatic rings. The predicted octanol–water partition coefficient (Wildman–Crippen LogP) is 3.09. The second-order valence-corrected chi connectivity index (χ2v) is 9.92. The number of carbonyl (C=O) groups is 1. The highest BCUT2D eigenvalue weighted by Gasteiger charge is 2.30. The van der Waals surface area contributed by atoms with Crippen LogP contribution >= 0.6 is 11.8 Å². The molecule has 1 aliphatic rings. The lowest BCUT2D eigenvalue weighted by atomic mass is 10.1. The van der Waals surface area contributed by atoms with E-state index in [9.17, 15) is 27.9 Å². The van der Waals surface area contributed by atoms with Crippen molar-refractivity contribution in [1.82, 2.24) is 24.3 Å². The molecule has 1 fully saturated rings. The summed E-state index contributed by atoms with van der Waals surface area (Å²) in [6.07, 6.45) is 0.651. The standard InChI is InChI=1S/C24H27F3N6O3S/c1-15-22(35)33(18-4-6-19(7-5-18)37-24(25,26)27)23(36)32(15)21(29-16(2)34)17-8-9-28-20(14-17)31-12-10-30(3)11-13-31/h4-9,14,21,35H,10-13H2,1-3H3,(H,29,34). The van der Waals surface area contributed by atoms with E-state index < -0.39 is 23.3 Å². The fourth-order valence-corrected chi connectivity index (χ4v) is 4.79. The number of hydrogen-bond acceptors (Lipinski definition) is 7. The van der Waals surface area contributed by atoms with Crippen molar-refractivity contribution in [2.24, 2.45) is 0 Å². The number of nitrogens with one attached hydrogen (secondary N) is 1. The maximum Gasteiger partial charge on any atom is 0.446 e. The van der Waals surface area contributed by atoms with Gasteiger partial charge in [0.2, 0.25) is 11.8 Å². The number of imidazole rings is 1. The second kappa shape index (κ2) is 10.5. The Morgan fingerprint density at radius 1 is 1.14 bits per heavy atom. The smallest absolute Gasteiger partial charge is 0.446 e. The Morgan fingerprint density at radius 2 is 1.78 bits per heavy atom. The Bertz CT molecular complexity index is 1330. The van der Waals surface area contributed by atoms with Crippen LogP contribution in [0.4, 0.5) is 19.0 Å². The van der Waals surface area contributed by atoms with Gasteiger partial charge >= 0.3 is 11.2 Å². The highest BCUT2D eigenvalue weighted by Crippen LogP contribution is 2.37. The SMILES string of the molecule is CC(=O)NC(c1ccnc(N2CCN(C)CC2)c1)n1c(C)c(O)n(-c2ccc(SC(F)(F)F)cc2)c1=O. The average Bonchev–Trinajstić information content (AvgIpc) is 3.05. The molecule has 3 heterocycles. The van der Waals surface area contributed by atoms with Gasteiger partial charge in [-0.15, -0.1) is 0 Å². The average molecular weight is 537 g/mol. The zero-order chi connectivity index (χ0) is 26.9. The van der Waals surface area contributed by atoms with Gasteiger partial charge in [-0.25, -0.2) is 14.3 Å². The number of pyridine rings is 1. The predicted molar refractivity (Wildman–Crippen MR) is 134 cm³/mol. The number of halogens is 3. The van der Waals surface area contributed by atoms with Crippen LogP contribution < -0.4 is 15.9 Å². The molecule has 198 valence electrons. The molecule has 1 unspecified atom stereocenters. The number of rotatable bonds is 6. The number of likely N-dealkylation sites (N-methyl/N-ethyl adjacent to an activating group) is 1. The van der Waals surface area contributed by atoms with Crippen LogP contribution in [0.5, 0.6) is 5.88 Å². The number of thioether (sulfide) groups is 1. The van der Waals surface area contributed by atoms with Gasteiger partial charge in [-0.1, -0.05) is 0 Å². The van der Waals surface area contributed by atoms with E-state index in [1.54, 1.807) is 18.3 Å². The summed E-state index contributed by atoms with van der Waals surface area (Å²) in [7, 11) is 2.04. The number of hydrogen-bond donors (Lipinski definition) is 2. The summed E-state index contributed by atoms with van der Waals surface area (Å²) in [5.41, 5.74) is -4.17. The number of alkyl halides is 3. The number of amides is 1. The van der Waals surface area contributed by atoms with E-state index in [1.165, 1.54) is 42.7 Å². The van der Waals surface area contributed by atoms with Crippen LogP contribution in [0, 0.1) is 6.92 Å². The van der Waals surface area contributed by atoms with Crippen LogP contribution in [-0.2, 0) is 4.79 Å². The maximum atomic E-state index is 13.5. The summed E-state index contributed by atoms with van der Waals surface area (Å²) in [5.74, 6) is -0.0759. The van der Waals surface area contributed by atoms with Crippen LogP contribution in [0.25, 0.3) is 5.69 Å². The number of aromatic hydroxyl groups is 1. The van der Waals surface area contributed by atoms with E-state index in [0.29, 0.717) is 11.4 Å². The molecule has 0 radical (unpaired) electrons. The molecule has 1 amide bonds. The molecule has 1 atom stereocenters. The summed E-state index contributed by atoms with van der Waals surface area (Å²) in [6, 6.07) is 8.58. The van der Waals surface area contributed by atoms with Gasteiger partial charge < -0.3 is 20.2 Å². The number of nitrogens with zero attached hydrogens (tertiary/aromatic N) is 5. The highest BCUT2D eigenvalue weighted by molar-refractivity contribution is 8.00. The molecule has 9 nitrogen and oxygen atoms in total. The third kappa shape index (κ3) is 5.93. The first-order valence-corrected chi connectivity index (χ1v) is 12.3. The van der Waals surface area contributed by atoms with Crippen molar-refractivity contribution in [3.05, 3.63) is 64.3 Å². The summed E-state index contributed by atoms with van der Waals surface area (Å²) in [6.45, 7) is 6.14. The summed E-state index contributed by atoms with van der Waals surface area (Å²) >= 11 is -0.272. The van der Waals surface area contributed by atoms with Gasteiger partial charge in [0.25, 0.3) is 0 Å². The van der Waals surface area contributed by atoms with E-state index in [2.05, 4.69) is 20.1 Å². The van der Waals surface area contributed by atoms with E-state index in [1.807, 2.05) is 7.05 Å². The molecule has 4 rings (SSSR count). The van der Waals surface area contributed by atoms with E-state index in [0.717, 1.165) is 30.7 Å². The maximum absolute atomic E-state index is 13.5. The summed E-state index contributed by atoms with van der Waals surface area (Å²) < 4.78 is 40.3. The number of carbonyl (C=O) groups excluding carboxylic acids is 1. The van der Waals surface area contributed by atoms with E-state index in [4.69, 9.17) is 0 Å². The molecule has 1 saturated heterocycles. The van der Waals surface area contributed by atoms with Gasteiger partial charge in [-0.2, -0.15) is 13.2 Å². The summed E-state index contributed by atoms with van der Waals surface area (Å²) in [4.78, 5) is 34.4. The molecule has 2 aromatic heterocycles. The molecular weight excluding hydrogens is 509 g/mol.